The third kappa shape index (κ3) is 4.95. The molecule has 0 aliphatic heterocycles. The lowest BCUT2D eigenvalue weighted by atomic mass is 9.79. The molecule has 1 aromatic heterocycles. The minimum atomic E-state index is -0.135. The van der Waals surface area contributed by atoms with Gasteiger partial charge in [0.25, 0.3) is 0 Å². The molecule has 0 fully saturated rings. The molecule has 0 unspecified atom stereocenters. The maximum Gasteiger partial charge on any atom is 0.143 e. The number of hydrogen-bond donors (Lipinski definition) is 0. The van der Waals surface area contributed by atoms with Crippen LogP contribution in [-0.4, -0.2) is 0 Å². The zero-order valence-corrected chi connectivity index (χ0v) is 32.4. The summed E-state index contributed by atoms with van der Waals surface area (Å²) in [5.74, 6) is 0. The van der Waals surface area contributed by atoms with E-state index in [1.54, 1.807) is 0 Å². The predicted octanol–water partition coefficient (Wildman–Crippen LogP) is 15.1. The second-order valence-corrected chi connectivity index (χ2v) is 16.2. The van der Waals surface area contributed by atoms with Gasteiger partial charge in [0.15, 0.2) is 0 Å². The molecule has 2 nitrogen and oxygen atoms in total. The Morgan fingerprint density at radius 1 is 0.518 bits per heavy atom. The summed E-state index contributed by atoms with van der Waals surface area (Å²) in [4.78, 5) is 2.37. The molecule has 0 N–H and O–H groups in total. The standard InChI is InChI=1S/C54H43NO/c1-7-14-34(8-2)35-21-25-37(26-22-35)55(38-27-23-36(24-28-38)40-17-13-18-43-42-16-10-12-20-51(42)56-52(40)43)39-29-30-48-44(31-39)46-33-49-45(32-50(46)54(48,5)6)41-15-9-11-19-47(41)53(49,3)4/h7-33H,1-2H2,3-6H3/b34-14+. The highest BCUT2D eigenvalue weighted by atomic mass is 16.3. The molecule has 10 rings (SSSR count). The van der Waals surface area contributed by atoms with Crippen LogP contribution in [-0.2, 0) is 10.8 Å². The summed E-state index contributed by atoms with van der Waals surface area (Å²) in [6.07, 6.45) is 5.69. The topological polar surface area (TPSA) is 16.4 Å². The molecule has 0 radical (unpaired) electrons. The van der Waals surface area contributed by atoms with Crippen LogP contribution in [0.4, 0.5) is 17.1 Å². The second-order valence-electron chi connectivity index (χ2n) is 16.2. The van der Waals surface area contributed by atoms with Crippen molar-refractivity contribution in [3.05, 3.63) is 205 Å². The highest BCUT2D eigenvalue weighted by Gasteiger charge is 2.41. The maximum absolute atomic E-state index is 6.43. The van der Waals surface area contributed by atoms with Crippen molar-refractivity contribution < 1.29 is 4.42 Å². The highest BCUT2D eigenvalue weighted by Crippen LogP contribution is 2.57. The van der Waals surface area contributed by atoms with Crippen LogP contribution in [0.25, 0.3) is 60.9 Å². The highest BCUT2D eigenvalue weighted by molar-refractivity contribution is 6.09. The van der Waals surface area contributed by atoms with Gasteiger partial charge in [0.2, 0.25) is 0 Å². The van der Waals surface area contributed by atoms with Gasteiger partial charge in [-0.3, -0.25) is 0 Å². The van der Waals surface area contributed by atoms with Crippen LogP contribution in [0.1, 0.15) is 55.5 Å². The van der Waals surface area contributed by atoms with E-state index in [9.17, 15) is 0 Å². The Balaban J connectivity index is 1.11. The average molecular weight is 722 g/mol. The van der Waals surface area contributed by atoms with Gasteiger partial charge >= 0.3 is 0 Å². The Bertz CT molecular complexity index is 2930. The van der Waals surface area contributed by atoms with Crippen molar-refractivity contribution in [2.75, 3.05) is 4.90 Å². The Hall–Kier alpha value is -6.64. The summed E-state index contributed by atoms with van der Waals surface area (Å²) in [5.41, 5.74) is 20.1. The van der Waals surface area contributed by atoms with Crippen LogP contribution < -0.4 is 4.90 Å². The number of fused-ring (bicyclic) bond motifs is 9. The molecule has 270 valence electrons. The third-order valence-corrected chi connectivity index (χ3v) is 12.4. The van der Waals surface area contributed by atoms with E-state index >= 15 is 0 Å². The van der Waals surface area contributed by atoms with Crippen molar-refractivity contribution in [2.45, 2.75) is 38.5 Å². The summed E-state index contributed by atoms with van der Waals surface area (Å²) in [6.45, 7) is 17.4. The number of nitrogens with zero attached hydrogens (tertiary/aromatic N) is 1. The Kier molecular flexibility index (Phi) is 7.53. The number of hydrogen-bond acceptors (Lipinski definition) is 2. The summed E-state index contributed by atoms with van der Waals surface area (Å²) >= 11 is 0. The van der Waals surface area contributed by atoms with Gasteiger partial charge in [-0.25, -0.2) is 0 Å². The zero-order valence-electron chi connectivity index (χ0n) is 32.4. The number of benzene rings is 7. The predicted molar refractivity (Wildman–Crippen MR) is 237 cm³/mol. The first kappa shape index (κ1) is 33.9. The molecule has 56 heavy (non-hydrogen) atoms. The number of allylic oxidation sites excluding steroid dienone is 4. The van der Waals surface area contributed by atoms with Crippen LogP contribution in [0, 0.1) is 0 Å². The van der Waals surface area contributed by atoms with E-state index in [-0.39, 0.29) is 10.8 Å². The Morgan fingerprint density at radius 3 is 1.80 bits per heavy atom. The molecular formula is C54H43NO. The first-order valence-electron chi connectivity index (χ1n) is 19.5. The minimum Gasteiger partial charge on any atom is -0.455 e. The van der Waals surface area contributed by atoms with Crippen molar-refractivity contribution >= 4 is 44.6 Å². The van der Waals surface area contributed by atoms with E-state index in [0.717, 1.165) is 61.3 Å². The van der Waals surface area contributed by atoms with Gasteiger partial charge in [0.05, 0.1) is 0 Å². The molecule has 0 amide bonds. The molecule has 0 saturated carbocycles. The van der Waals surface area contributed by atoms with E-state index in [4.69, 9.17) is 4.42 Å². The van der Waals surface area contributed by atoms with Gasteiger partial charge in [-0.05, 0) is 116 Å². The first-order chi connectivity index (χ1) is 27.2. The van der Waals surface area contributed by atoms with Crippen molar-refractivity contribution in [2.24, 2.45) is 0 Å². The quantitative estimate of drug-likeness (QED) is 0.152. The molecule has 0 atom stereocenters. The lowest BCUT2D eigenvalue weighted by Crippen LogP contribution is -2.17. The van der Waals surface area contributed by atoms with E-state index in [0.29, 0.717) is 0 Å². The number of anilines is 3. The molecule has 2 heteroatoms. The zero-order chi connectivity index (χ0) is 38.3. The minimum absolute atomic E-state index is 0.0714. The van der Waals surface area contributed by atoms with Crippen LogP contribution >= 0.6 is 0 Å². The first-order valence-corrected chi connectivity index (χ1v) is 19.5. The Morgan fingerprint density at radius 2 is 1.09 bits per heavy atom. The summed E-state index contributed by atoms with van der Waals surface area (Å²) in [6, 6.07) is 53.3. The van der Waals surface area contributed by atoms with E-state index in [1.165, 1.54) is 44.5 Å². The molecular weight excluding hydrogens is 679 g/mol. The molecule has 0 saturated heterocycles. The molecule has 7 aromatic carbocycles. The largest absolute Gasteiger partial charge is 0.455 e. The van der Waals surface area contributed by atoms with Crippen molar-refractivity contribution in [3.63, 3.8) is 0 Å². The SMILES string of the molecule is C=C/C=C(\C=C)c1ccc(N(c2ccc(-c3cccc4c3oc3ccccc34)cc2)c2ccc3c(c2)-c2cc4c(cc2C3(C)C)-c2ccccc2C4(C)C)cc1. The monoisotopic (exact) mass is 721 g/mol. The third-order valence-electron chi connectivity index (χ3n) is 12.4. The van der Waals surface area contributed by atoms with Gasteiger partial charge in [0.1, 0.15) is 11.2 Å². The van der Waals surface area contributed by atoms with Gasteiger partial charge in [-0.1, -0.05) is 150 Å². The molecule has 0 spiro atoms. The fourth-order valence-electron chi connectivity index (χ4n) is 9.50. The lowest BCUT2D eigenvalue weighted by molar-refractivity contribution is 0.652. The number of para-hydroxylation sites is 2. The Labute approximate surface area is 329 Å². The van der Waals surface area contributed by atoms with E-state index in [1.807, 2.05) is 30.4 Å². The summed E-state index contributed by atoms with van der Waals surface area (Å²) in [7, 11) is 0. The van der Waals surface area contributed by atoms with E-state index in [2.05, 4.69) is 179 Å². The fraction of sp³-hybridized carbons (Fsp3) is 0.111. The van der Waals surface area contributed by atoms with Crippen molar-refractivity contribution in [3.8, 4) is 33.4 Å². The normalized spacial score (nSPS) is 14.6. The molecule has 2 aliphatic carbocycles. The van der Waals surface area contributed by atoms with Crippen LogP contribution in [0.5, 0.6) is 0 Å². The second kappa shape index (κ2) is 12.4. The lowest BCUT2D eigenvalue weighted by Gasteiger charge is -2.27. The average Bonchev–Trinajstić information content (AvgIpc) is 3.79. The summed E-state index contributed by atoms with van der Waals surface area (Å²) in [5, 5.41) is 2.27. The van der Waals surface area contributed by atoms with Gasteiger partial charge in [-0.15, -0.1) is 0 Å². The van der Waals surface area contributed by atoms with Crippen LogP contribution in [0.3, 0.4) is 0 Å². The van der Waals surface area contributed by atoms with Gasteiger partial charge < -0.3 is 9.32 Å². The number of furan rings is 1. The van der Waals surface area contributed by atoms with Crippen molar-refractivity contribution in [1.29, 1.82) is 0 Å². The fourth-order valence-corrected chi connectivity index (χ4v) is 9.50. The molecule has 2 aliphatic rings. The smallest absolute Gasteiger partial charge is 0.143 e. The van der Waals surface area contributed by atoms with Crippen LogP contribution in [0.15, 0.2) is 181 Å². The summed E-state index contributed by atoms with van der Waals surface area (Å²) < 4.78 is 6.43. The van der Waals surface area contributed by atoms with E-state index < -0.39 is 0 Å². The van der Waals surface area contributed by atoms with Crippen LogP contribution in [0.2, 0.25) is 0 Å². The number of rotatable bonds is 7. The molecule has 1 heterocycles. The van der Waals surface area contributed by atoms with Gasteiger partial charge in [0, 0.05) is 44.2 Å². The van der Waals surface area contributed by atoms with Crippen molar-refractivity contribution in [1.82, 2.24) is 0 Å². The molecule has 8 aromatic rings. The maximum atomic E-state index is 6.43. The molecule has 0 bridgehead atoms. The van der Waals surface area contributed by atoms with Gasteiger partial charge in [-0.2, -0.15) is 0 Å².